The van der Waals surface area contributed by atoms with E-state index >= 15 is 0 Å². The van der Waals surface area contributed by atoms with Gasteiger partial charge >= 0.3 is 0 Å². The van der Waals surface area contributed by atoms with Gasteiger partial charge in [0.05, 0.1) is 20.3 Å². The topological polar surface area (TPSA) is 47.7 Å². The Bertz CT molecular complexity index is 915. The van der Waals surface area contributed by atoms with Crippen LogP contribution >= 0.6 is 0 Å². The number of methoxy groups -OCH3 is 2. The molecule has 0 saturated carbocycles. The molecular weight excluding hydrogens is 328 g/mol. The van der Waals surface area contributed by atoms with Gasteiger partial charge in [0, 0.05) is 6.54 Å². The lowest BCUT2D eigenvalue weighted by atomic mass is 9.90. The summed E-state index contributed by atoms with van der Waals surface area (Å²) in [6.45, 7) is 4.77. The fraction of sp³-hybridized carbons (Fsp3) is 0.286. The quantitative estimate of drug-likeness (QED) is 0.633. The van der Waals surface area contributed by atoms with Gasteiger partial charge in [0.2, 0.25) is 0 Å². The molecule has 0 radical (unpaired) electrons. The molecule has 0 unspecified atom stereocenters. The monoisotopic (exact) mass is 350 g/mol. The molecule has 0 amide bonds. The summed E-state index contributed by atoms with van der Waals surface area (Å²) in [6.07, 6.45) is 3.62. The van der Waals surface area contributed by atoms with Gasteiger partial charge < -0.3 is 18.8 Å². The van der Waals surface area contributed by atoms with Crippen LogP contribution in [0.15, 0.2) is 53.5 Å². The number of rotatable bonds is 5. The van der Waals surface area contributed by atoms with Crippen molar-refractivity contribution < 1.29 is 13.9 Å². The minimum absolute atomic E-state index is 0.101. The third kappa shape index (κ3) is 2.69. The van der Waals surface area contributed by atoms with Gasteiger partial charge in [-0.1, -0.05) is 18.2 Å². The molecule has 2 aromatic carbocycles. The highest BCUT2D eigenvalue weighted by atomic mass is 16.5. The zero-order chi connectivity index (χ0) is 18.1. The van der Waals surface area contributed by atoms with Crippen molar-refractivity contribution in [2.45, 2.75) is 18.9 Å². The van der Waals surface area contributed by atoms with E-state index in [0.29, 0.717) is 6.01 Å². The number of fused-ring (bicyclic) bond motifs is 2. The smallest absolute Gasteiger partial charge is 0.298 e. The minimum Gasteiger partial charge on any atom is -0.493 e. The first-order valence-corrected chi connectivity index (χ1v) is 8.73. The van der Waals surface area contributed by atoms with E-state index in [0.717, 1.165) is 42.0 Å². The van der Waals surface area contributed by atoms with Crippen LogP contribution in [0.4, 0.5) is 6.01 Å². The highest BCUT2D eigenvalue weighted by Gasteiger charge is 2.31. The molecule has 26 heavy (non-hydrogen) atoms. The second-order valence-electron chi connectivity index (χ2n) is 6.35. The van der Waals surface area contributed by atoms with Crippen molar-refractivity contribution in [3.05, 3.63) is 60.2 Å². The van der Waals surface area contributed by atoms with Crippen LogP contribution in [0.3, 0.4) is 0 Å². The molecule has 0 aliphatic carbocycles. The van der Waals surface area contributed by atoms with Crippen molar-refractivity contribution in [2.24, 2.45) is 0 Å². The number of aromatic nitrogens is 1. The van der Waals surface area contributed by atoms with Crippen molar-refractivity contribution in [3.63, 3.8) is 0 Å². The molecule has 0 N–H and O–H groups in total. The second kappa shape index (κ2) is 6.75. The van der Waals surface area contributed by atoms with Crippen molar-refractivity contribution in [3.8, 4) is 11.5 Å². The Labute approximate surface area is 152 Å². The number of nitrogens with zero attached hydrogens (tertiary/aromatic N) is 2. The Balaban J connectivity index is 1.79. The number of benzene rings is 2. The molecule has 5 nitrogen and oxygen atoms in total. The van der Waals surface area contributed by atoms with Crippen LogP contribution in [0.2, 0.25) is 0 Å². The van der Waals surface area contributed by atoms with Crippen molar-refractivity contribution >= 4 is 17.1 Å². The largest absolute Gasteiger partial charge is 0.493 e. The zero-order valence-electron chi connectivity index (χ0n) is 15.1. The Kier molecular flexibility index (Phi) is 4.29. The lowest BCUT2D eigenvalue weighted by Crippen LogP contribution is -2.35. The number of hydrogen-bond acceptors (Lipinski definition) is 5. The standard InChI is InChI=1S/C21H22N2O3/c1-4-7-17-15-13-20(25-3)19(24-2)12-14(15)10-11-23(17)21-22-16-8-5-6-9-18(16)26-21/h4-6,8-9,12-13,17H,1,7,10-11H2,2-3H3/t17-/m0/s1. The molecule has 1 aliphatic heterocycles. The van der Waals surface area contributed by atoms with E-state index in [1.54, 1.807) is 14.2 Å². The Morgan fingerprint density at radius 3 is 2.73 bits per heavy atom. The summed E-state index contributed by atoms with van der Waals surface area (Å²) in [5, 5.41) is 0. The molecule has 2 heterocycles. The summed E-state index contributed by atoms with van der Waals surface area (Å²) in [6, 6.07) is 12.7. The summed E-state index contributed by atoms with van der Waals surface area (Å²) in [7, 11) is 3.33. The second-order valence-corrected chi connectivity index (χ2v) is 6.35. The maximum atomic E-state index is 6.03. The fourth-order valence-corrected chi connectivity index (χ4v) is 3.65. The lowest BCUT2D eigenvalue weighted by molar-refractivity contribution is 0.352. The molecule has 134 valence electrons. The van der Waals surface area contributed by atoms with Crippen LogP contribution in [0, 0.1) is 0 Å². The Morgan fingerprint density at radius 2 is 2.00 bits per heavy atom. The molecule has 0 bridgehead atoms. The average Bonchev–Trinajstić information content (AvgIpc) is 3.11. The van der Waals surface area contributed by atoms with E-state index < -0.39 is 0 Å². The van der Waals surface area contributed by atoms with Gasteiger partial charge in [-0.2, -0.15) is 4.98 Å². The Morgan fingerprint density at radius 1 is 1.23 bits per heavy atom. The molecule has 1 atom stereocenters. The molecule has 1 aromatic heterocycles. The fourth-order valence-electron chi connectivity index (χ4n) is 3.65. The molecule has 3 aromatic rings. The van der Waals surface area contributed by atoms with E-state index in [1.165, 1.54) is 11.1 Å². The van der Waals surface area contributed by atoms with Gasteiger partial charge in [-0.25, -0.2) is 0 Å². The molecular formula is C21H22N2O3. The minimum atomic E-state index is 0.101. The molecule has 5 heteroatoms. The normalized spacial score (nSPS) is 16.4. The number of ether oxygens (including phenoxy) is 2. The van der Waals surface area contributed by atoms with E-state index in [-0.39, 0.29) is 6.04 Å². The molecule has 1 aliphatic rings. The predicted octanol–water partition coefficient (Wildman–Crippen LogP) is 4.52. The van der Waals surface area contributed by atoms with Crippen molar-refractivity contribution in [1.29, 1.82) is 0 Å². The number of anilines is 1. The summed E-state index contributed by atoms with van der Waals surface area (Å²) in [4.78, 5) is 6.91. The number of hydrogen-bond donors (Lipinski definition) is 0. The average molecular weight is 350 g/mol. The van der Waals surface area contributed by atoms with Crippen LogP contribution in [0.25, 0.3) is 11.1 Å². The van der Waals surface area contributed by atoms with Gasteiger partial charge in [0.25, 0.3) is 6.01 Å². The highest BCUT2D eigenvalue weighted by Crippen LogP contribution is 2.41. The summed E-state index contributed by atoms with van der Waals surface area (Å²) < 4.78 is 17.0. The molecule has 0 fully saturated rings. The van der Waals surface area contributed by atoms with Crippen LogP contribution in [-0.4, -0.2) is 25.7 Å². The Hall–Kier alpha value is -2.95. The van der Waals surface area contributed by atoms with Crippen LogP contribution in [-0.2, 0) is 6.42 Å². The summed E-state index contributed by atoms with van der Waals surface area (Å²) in [5.41, 5.74) is 4.15. The van der Waals surface area contributed by atoms with E-state index in [2.05, 4.69) is 28.6 Å². The third-order valence-electron chi connectivity index (χ3n) is 4.92. The van der Waals surface area contributed by atoms with Crippen molar-refractivity contribution in [1.82, 2.24) is 4.98 Å². The molecule has 4 rings (SSSR count). The molecule has 0 spiro atoms. The van der Waals surface area contributed by atoms with Crippen LogP contribution in [0.5, 0.6) is 11.5 Å². The first kappa shape index (κ1) is 16.5. The zero-order valence-corrected chi connectivity index (χ0v) is 15.1. The van der Waals surface area contributed by atoms with Gasteiger partial charge in [-0.15, -0.1) is 6.58 Å². The first-order valence-electron chi connectivity index (χ1n) is 8.73. The van der Waals surface area contributed by atoms with Crippen molar-refractivity contribution in [2.75, 3.05) is 25.7 Å². The van der Waals surface area contributed by atoms with Crippen LogP contribution in [0.1, 0.15) is 23.6 Å². The van der Waals surface area contributed by atoms with Gasteiger partial charge in [-0.3, -0.25) is 0 Å². The maximum absolute atomic E-state index is 6.03. The van der Waals surface area contributed by atoms with Gasteiger partial charge in [-0.05, 0) is 48.2 Å². The number of oxazole rings is 1. The van der Waals surface area contributed by atoms with E-state index in [4.69, 9.17) is 13.9 Å². The van der Waals surface area contributed by atoms with E-state index in [1.807, 2.05) is 30.3 Å². The number of para-hydroxylation sites is 2. The highest BCUT2D eigenvalue weighted by molar-refractivity contribution is 5.74. The summed E-state index contributed by atoms with van der Waals surface area (Å²) >= 11 is 0. The van der Waals surface area contributed by atoms with Crippen LogP contribution < -0.4 is 14.4 Å². The van der Waals surface area contributed by atoms with Gasteiger partial charge in [0.15, 0.2) is 17.1 Å². The lowest BCUT2D eigenvalue weighted by Gasteiger charge is -2.36. The molecule has 0 saturated heterocycles. The first-order chi connectivity index (χ1) is 12.7. The maximum Gasteiger partial charge on any atom is 0.298 e. The van der Waals surface area contributed by atoms with Gasteiger partial charge in [0.1, 0.15) is 5.52 Å². The third-order valence-corrected chi connectivity index (χ3v) is 4.92. The predicted molar refractivity (Wildman–Crippen MR) is 102 cm³/mol. The SMILES string of the molecule is C=CC[C@H]1c2cc(OC)c(OC)cc2CCN1c1nc2ccccc2o1. The summed E-state index contributed by atoms with van der Waals surface area (Å²) in [5.74, 6) is 1.50. The van der Waals surface area contributed by atoms with E-state index in [9.17, 15) is 0 Å².